The van der Waals surface area contributed by atoms with Gasteiger partial charge in [0.2, 0.25) is 5.91 Å². The molecule has 1 N–H and O–H groups in total. The maximum absolute atomic E-state index is 13.5. The number of carbonyl (C=O) groups is 1. The van der Waals surface area contributed by atoms with Crippen LogP contribution >= 0.6 is 0 Å². The molecule has 0 saturated heterocycles. The van der Waals surface area contributed by atoms with Gasteiger partial charge in [0.1, 0.15) is 17.5 Å². The number of nitrogens with one attached hydrogen (secondary N) is 1. The second-order valence-electron chi connectivity index (χ2n) is 6.12. The summed E-state index contributed by atoms with van der Waals surface area (Å²) in [4.78, 5) is 26.3. The molecule has 0 aliphatic rings. The van der Waals surface area contributed by atoms with Crippen LogP contribution in [0.2, 0.25) is 0 Å². The van der Waals surface area contributed by atoms with Crippen LogP contribution in [0.4, 0.5) is 15.9 Å². The van der Waals surface area contributed by atoms with E-state index in [0.717, 1.165) is 5.56 Å². The second-order valence-corrected chi connectivity index (χ2v) is 6.12. The molecule has 7 heteroatoms. The first-order chi connectivity index (χ1) is 13.0. The zero-order valence-corrected chi connectivity index (χ0v) is 15.2. The fourth-order valence-corrected chi connectivity index (χ4v) is 2.47. The number of rotatable bonds is 6. The molecule has 0 aliphatic carbocycles. The summed E-state index contributed by atoms with van der Waals surface area (Å²) < 4.78 is 13.5. The number of aromatic nitrogens is 3. The highest BCUT2D eigenvalue weighted by molar-refractivity contribution is 5.72. The van der Waals surface area contributed by atoms with Crippen molar-refractivity contribution in [1.82, 2.24) is 19.9 Å². The van der Waals surface area contributed by atoms with Crippen molar-refractivity contribution in [2.75, 3.05) is 18.9 Å². The molecule has 1 amide bonds. The lowest BCUT2D eigenvalue weighted by Crippen LogP contribution is -2.26. The third-order valence-electron chi connectivity index (χ3n) is 4.04. The highest BCUT2D eigenvalue weighted by atomic mass is 19.1. The van der Waals surface area contributed by atoms with Crippen molar-refractivity contribution in [2.24, 2.45) is 0 Å². The predicted octanol–water partition coefficient (Wildman–Crippen LogP) is 3.44. The van der Waals surface area contributed by atoms with E-state index >= 15 is 0 Å². The SMILES string of the molecule is CC(=O)N(C)CCc1nc(Nc2cccc(F)c2)cc(-c2cccnc2)n1. The first-order valence-electron chi connectivity index (χ1n) is 8.54. The number of carbonyl (C=O) groups excluding carboxylic acids is 1. The minimum Gasteiger partial charge on any atom is -0.346 e. The molecule has 2 heterocycles. The van der Waals surface area contributed by atoms with Crippen LogP contribution in [0.15, 0.2) is 54.9 Å². The third-order valence-corrected chi connectivity index (χ3v) is 4.04. The van der Waals surface area contributed by atoms with Gasteiger partial charge in [-0.2, -0.15) is 0 Å². The van der Waals surface area contributed by atoms with Gasteiger partial charge in [0.25, 0.3) is 0 Å². The molecule has 0 atom stereocenters. The van der Waals surface area contributed by atoms with Crippen LogP contribution in [0.25, 0.3) is 11.3 Å². The van der Waals surface area contributed by atoms with Crippen LogP contribution < -0.4 is 5.32 Å². The highest BCUT2D eigenvalue weighted by Crippen LogP contribution is 2.22. The van der Waals surface area contributed by atoms with Crippen molar-refractivity contribution in [2.45, 2.75) is 13.3 Å². The molecular weight excluding hydrogens is 345 g/mol. The van der Waals surface area contributed by atoms with Crippen LogP contribution in [0, 0.1) is 5.82 Å². The third kappa shape index (κ3) is 5.07. The molecule has 2 aromatic heterocycles. The summed E-state index contributed by atoms with van der Waals surface area (Å²) in [7, 11) is 1.74. The molecule has 138 valence electrons. The first kappa shape index (κ1) is 18.4. The molecule has 0 unspecified atom stereocenters. The average Bonchev–Trinajstić information content (AvgIpc) is 2.66. The maximum atomic E-state index is 13.5. The van der Waals surface area contributed by atoms with Crippen molar-refractivity contribution in [3.8, 4) is 11.3 Å². The fourth-order valence-electron chi connectivity index (χ4n) is 2.47. The Labute approximate surface area is 157 Å². The van der Waals surface area contributed by atoms with Gasteiger partial charge >= 0.3 is 0 Å². The summed E-state index contributed by atoms with van der Waals surface area (Å²) >= 11 is 0. The number of hydrogen-bond acceptors (Lipinski definition) is 5. The van der Waals surface area contributed by atoms with Crippen LogP contribution in [0.3, 0.4) is 0 Å². The Balaban J connectivity index is 1.91. The number of halogens is 1. The quantitative estimate of drug-likeness (QED) is 0.724. The number of pyridine rings is 1. The van der Waals surface area contributed by atoms with Gasteiger partial charge in [0.05, 0.1) is 5.69 Å². The Bertz CT molecular complexity index is 933. The summed E-state index contributed by atoms with van der Waals surface area (Å²) in [5.74, 6) is 0.791. The average molecular weight is 365 g/mol. The fraction of sp³-hybridized carbons (Fsp3) is 0.200. The van der Waals surface area contributed by atoms with Gasteiger partial charge < -0.3 is 10.2 Å². The van der Waals surface area contributed by atoms with Crippen LogP contribution in [-0.4, -0.2) is 39.4 Å². The largest absolute Gasteiger partial charge is 0.346 e. The first-order valence-corrected chi connectivity index (χ1v) is 8.54. The normalized spacial score (nSPS) is 10.5. The van der Waals surface area contributed by atoms with E-state index in [9.17, 15) is 9.18 Å². The van der Waals surface area contributed by atoms with Gasteiger partial charge in [0.15, 0.2) is 0 Å². The van der Waals surface area contributed by atoms with E-state index in [2.05, 4.69) is 20.3 Å². The van der Waals surface area contributed by atoms with E-state index in [0.29, 0.717) is 36.0 Å². The summed E-state index contributed by atoms with van der Waals surface area (Å²) in [6, 6.07) is 11.7. The summed E-state index contributed by atoms with van der Waals surface area (Å²) in [6.45, 7) is 2.02. The number of amides is 1. The van der Waals surface area contributed by atoms with Gasteiger partial charge in [0, 0.05) is 56.6 Å². The number of nitrogens with zero attached hydrogens (tertiary/aromatic N) is 4. The molecule has 0 radical (unpaired) electrons. The number of hydrogen-bond donors (Lipinski definition) is 1. The zero-order chi connectivity index (χ0) is 19.2. The Morgan fingerprint density at radius 2 is 2.04 bits per heavy atom. The van der Waals surface area contributed by atoms with Crippen LogP contribution in [0.5, 0.6) is 0 Å². The minimum atomic E-state index is -0.329. The van der Waals surface area contributed by atoms with E-state index in [1.165, 1.54) is 19.1 Å². The smallest absolute Gasteiger partial charge is 0.219 e. The van der Waals surface area contributed by atoms with Crippen molar-refractivity contribution in [3.05, 3.63) is 66.5 Å². The van der Waals surface area contributed by atoms with E-state index in [1.807, 2.05) is 12.1 Å². The van der Waals surface area contributed by atoms with E-state index < -0.39 is 0 Å². The summed E-state index contributed by atoms with van der Waals surface area (Å²) in [5, 5.41) is 3.11. The molecule has 3 aromatic rings. The van der Waals surface area contributed by atoms with E-state index in [4.69, 9.17) is 0 Å². The number of anilines is 2. The summed E-state index contributed by atoms with van der Waals surface area (Å²) in [6.07, 6.45) is 3.92. The molecule has 27 heavy (non-hydrogen) atoms. The van der Waals surface area contributed by atoms with E-state index in [-0.39, 0.29) is 11.7 Å². The monoisotopic (exact) mass is 365 g/mol. The molecule has 0 saturated carbocycles. The molecule has 0 aliphatic heterocycles. The topological polar surface area (TPSA) is 71.0 Å². The van der Waals surface area contributed by atoms with Crippen molar-refractivity contribution in [3.63, 3.8) is 0 Å². The van der Waals surface area contributed by atoms with Crippen molar-refractivity contribution >= 4 is 17.4 Å². The van der Waals surface area contributed by atoms with Gasteiger partial charge in [-0.1, -0.05) is 6.07 Å². The standard InChI is InChI=1S/C20H20FN5O/c1-14(27)26(2)10-8-19-24-18(15-5-4-9-22-13-15)12-20(25-19)23-17-7-3-6-16(21)11-17/h3-7,9,11-13H,8,10H2,1-2H3,(H,23,24,25). The lowest BCUT2D eigenvalue weighted by atomic mass is 10.2. The number of benzene rings is 1. The van der Waals surface area contributed by atoms with Crippen LogP contribution in [0.1, 0.15) is 12.7 Å². The van der Waals surface area contributed by atoms with Crippen LogP contribution in [-0.2, 0) is 11.2 Å². The lowest BCUT2D eigenvalue weighted by Gasteiger charge is -2.15. The second kappa shape index (κ2) is 8.35. The lowest BCUT2D eigenvalue weighted by molar-refractivity contribution is -0.127. The Morgan fingerprint density at radius 1 is 1.19 bits per heavy atom. The predicted molar refractivity (Wildman–Crippen MR) is 102 cm³/mol. The highest BCUT2D eigenvalue weighted by Gasteiger charge is 2.10. The van der Waals surface area contributed by atoms with Gasteiger partial charge in [-0.3, -0.25) is 9.78 Å². The van der Waals surface area contributed by atoms with Crippen molar-refractivity contribution < 1.29 is 9.18 Å². The van der Waals surface area contributed by atoms with E-state index in [1.54, 1.807) is 42.5 Å². The zero-order valence-electron chi connectivity index (χ0n) is 15.2. The minimum absolute atomic E-state index is 0.0171. The molecule has 1 aromatic carbocycles. The van der Waals surface area contributed by atoms with Gasteiger partial charge in [-0.15, -0.1) is 0 Å². The molecule has 0 spiro atoms. The summed E-state index contributed by atoms with van der Waals surface area (Å²) in [5.41, 5.74) is 2.15. The van der Waals surface area contributed by atoms with Gasteiger partial charge in [-0.05, 0) is 30.3 Å². The molecule has 6 nitrogen and oxygen atoms in total. The molecular formula is C20H20FN5O. The molecule has 0 fully saturated rings. The Kier molecular flexibility index (Phi) is 5.71. The Morgan fingerprint density at radius 3 is 2.74 bits per heavy atom. The van der Waals surface area contributed by atoms with Gasteiger partial charge in [-0.25, -0.2) is 14.4 Å². The molecule has 0 bridgehead atoms. The maximum Gasteiger partial charge on any atom is 0.219 e. The van der Waals surface area contributed by atoms with Crippen molar-refractivity contribution in [1.29, 1.82) is 0 Å². The number of likely N-dealkylation sites (N-methyl/N-ethyl adjacent to an activating group) is 1. The molecule has 3 rings (SSSR count). The Hall–Kier alpha value is -3.35.